The minimum absolute atomic E-state index is 0.0262. The van der Waals surface area contributed by atoms with Crippen molar-refractivity contribution in [1.29, 1.82) is 0 Å². The summed E-state index contributed by atoms with van der Waals surface area (Å²) in [6.45, 7) is 25.1. The van der Waals surface area contributed by atoms with Gasteiger partial charge in [0.25, 0.3) is 0 Å². The number of rotatable bonds is 92. The van der Waals surface area contributed by atoms with Gasteiger partial charge < -0.3 is 81.3 Å². The van der Waals surface area contributed by atoms with E-state index in [4.69, 9.17) is 56.8 Å². The van der Waals surface area contributed by atoms with Crippen LogP contribution in [0.2, 0.25) is 0 Å². The largest absolute Gasteiger partial charge is 0.462 e. The summed E-state index contributed by atoms with van der Waals surface area (Å²) in [6, 6.07) is 0. The van der Waals surface area contributed by atoms with Gasteiger partial charge in [-0.15, -0.1) is 47.0 Å². The molecule has 0 rings (SSSR count). The van der Waals surface area contributed by atoms with E-state index in [0.29, 0.717) is 49.2 Å². The molecule has 0 aromatic rings. The predicted molar refractivity (Wildman–Crippen MR) is 528 cm³/mol. The van der Waals surface area contributed by atoms with E-state index in [1.165, 1.54) is 126 Å². The highest BCUT2D eigenvalue weighted by molar-refractivity contribution is 8.01. The maximum absolute atomic E-state index is 12.9. The van der Waals surface area contributed by atoms with Crippen LogP contribution in [0.3, 0.4) is 0 Å². The molecule has 758 valence electrons. The number of ether oxygens (including phenoxy) is 12. The molecule has 29 nitrogen and oxygen atoms in total. The van der Waals surface area contributed by atoms with Gasteiger partial charge in [-0.3, -0.25) is 57.5 Å². The van der Waals surface area contributed by atoms with Crippen LogP contribution in [0.4, 0.5) is 0 Å². The monoisotopic (exact) mass is 1960 g/mol. The van der Waals surface area contributed by atoms with E-state index in [1.807, 2.05) is 51.6 Å². The van der Waals surface area contributed by atoms with E-state index in [1.54, 1.807) is 60.9 Å². The minimum Gasteiger partial charge on any atom is -0.462 e. The fraction of sp³-hybridized carbons (Fsp3) is 0.874. The van der Waals surface area contributed by atoms with Crippen LogP contribution in [0.1, 0.15) is 275 Å². The molecule has 0 saturated carbocycles. The molecule has 0 aliphatic rings. The number of unbranched alkanes of at least 4 members (excludes halogenated alkanes) is 20. The molecule has 0 aliphatic carbocycles. The Kier molecular flexibility index (Phi) is 85.5. The van der Waals surface area contributed by atoms with Crippen LogP contribution in [-0.4, -0.2) is 342 Å². The molecule has 6 atom stereocenters. The molecule has 0 aromatic heterocycles. The third-order valence-corrected chi connectivity index (χ3v) is 28.3. The molecule has 0 bridgehead atoms. The standard InChI is InChI=1S/C95H173N5O24S6/c1-14-18-22-26-30-34-70-127-80(7)92(109)121-66-60-115-86(103)42-52-99(53-43-87(104)116-61-67-122-93(110)81(8)128-71-35-31-27-23-19-15-2)56-74-125-76-78(5)90(107)119-64-58-113-84(101)40-50-97(12)48-38-46-96(11)47-39-49-98(13)51-41-85(102)114-59-65-120-91(108)79(6)77-126-75-57-100(54-44-88(105)117-62-68-123-94(111)82(9)129-72-36-32-28-24-20-16-3)55-45-89(106)118-63-69-124-95(112)83(10)130-73-37-33-29-25-21-17-4/h78-83H,14-77H2,1-13H3. The molecule has 6 unspecified atom stereocenters. The zero-order valence-electron chi connectivity index (χ0n) is 82.2. The van der Waals surface area contributed by atoms with Crippen molar-refractivity contribution < 1.29 is 114 Å². The van der Waals surface area contributed by atoms with Gasteiger partial charge >= 0.3 is 71.6 Å². The van der Waals surface area contributed by atoms with E-state index in [9.17, 15) is 57.5 Å². The summed E-state index contributed by atoms with van der Waals surface area (Å²) in [5, 5.41) is -1.27. The lowest BCUT2D eigenvalue weighted by atomic mass is 10.1. The van der Waals surface area contributed by atoms with Crippen LogP contribution < -0.4 is 0 Å². The summed E-state index contributed by atoms with van der Waals surface area (Å²) in [4.78, 5) is 163. The van der Waals surface area contributed by atoms with Crippen molar-refractivity contribution in [2.24, 2.45) is 11.8 Å². The Hall–Kier alpha value is -4.46. The Morgan fingerprint density at radius 2 is 0.408 bits per heavy atom. The van der Waals surface area contributed by atoms with Crippen LogP contribution >= 0.6 is 70.6 Å². The van der Waals surface area contributed by atoms with Gasteiger partial charge in [0.15, 0.2) is 0 Å². The molecule has 0 spiro atoms. The first-order chi connectivity index (χ1) is 62.6. The van der Waals surface area contributed by atoms with Crippen LogP contribution in [0, 0.1) is 11.8 Å². The van der Waals surface area contributed by atoms with Crippen LogP contribution in [-0.2, 0) is 114 Å². The number of hydrogen-bond acceptors (Lipinski definition) is 35. The van der Waals surface area contributed by atoms with Crippen molar-refractivity contribution in [3.8, 4) is 0 Å². The molecule has 0 amide bonds. The minimum atomic E-state index is -0.476. The molecule has 35 heteroatoms. The second kappa shape index (κ2) is 88.5. The summed E-state index contributed by atoms with van der Waals surface area (Å²) in [7, 11) is 5.96. The SMILES string of the molecule is CCCCCCCCSC(C)C(=O)OCCOC(=O)CCN(CCSCC(C)C(=O)OCCOC(=O)CCN(C)CCCN(C)CCCN(C)CCC(=O)OCCOC(=O)C(C)CSCCN(CCC(=O)OCCOC(=O)C(C)SCCCCCCCC)CCC(=O)OCCOC(=O)C(C)SCCCCCCCC)CCC(=O)OCCOC(=O)C(C)SCCCCCCCC. The molecular weight excluding hydrogens is 1790 g/mol. The summed E-state index contributed by atoms with van der Waals surface area (Å²) in [6.07, 6.45) is 30.5. The van der Waals surface area contributed by atoms with Gasteiger partial charge in [0, 0.05) is 75.4 Å². The maximum atomic E-state index is 12.9. The van der Waals surface area contributed by atoms with Crippen LogP contribution in [0.15, 0.2) is 0 Å². The molecule has 0 aromatic carbocycles. The van der Waals surface area contributed by atoms with E-state index in [2.05, 4.69) is 49.4 Å². The summed E-state index contributed by atoms with van der Waals surface area (Å²) >= 11 is 9.30. The third kappa shape index (κ3) is 78.7. The quantitative estimate of drug-likeness (QED) is 0.0310. The molecule has 0 fully saturated rings. The van der Waals surface area contributed by atoms with E-state index in [-0.39, 0.29) is 189 Å². The van der Waals surface area contributed by atoms with E-state index < -0.39 is 59.6 Å². The zero-order valence-corrected chi connectivity index (χ0v) is 87.1. The lowest BCUT2D eigenvalue weighted by Crippen LogP contribution is -2.32. The highest BCUT2D eigenvalue weighted by Crippen LogP contribution is 2.22. The Morgan fingerprint density at radius 1 is 0.215 bits per heavy atom. The van der Waals surface area contributed by atoms with Gasteiger partial charge in [0.1, 0.15) is 79.3 Å². The third-order valence-electron chi connectivity index (χ3n) is 21.1. The van der Waals surface area contributed by atoms with Gasteiger partial charge in [0.2, 0.25) is 0 Å². The lowest BCUT2D eigenvalue weighted by Gasteiger charge is -2.22. The number of hydrogen-bond donors (Lipinski definition) is 0. The molecule has 0 heterocycles. The van der Waals surface area contributed by atoms with Crippen LogP contribution in [0.25, 0.3) is 0 Å². The molecule has 0 N–H and O–H groups in total. The van der Waals surface area contributed by atoms with Crippen molar-refractivity contribution in [2.75, 3.05) is 225 Å². The second-order valence-corrected chi connectivity index (χ2v) is 41.3. The Bertz CT molecular complexity index is 2620. The molecular formula is C95H173N5O24S6. The van der Waals surface area contributed by atoms with Gasteiger partial charge in [0.05, 0.1) is 71.4 Å². The second-order valence-electron chi connectivity index (χ2n) is 33.2. The highest BCUT2D eigenvalue weighted by atomic mass is 32.2. The van der Waals surface area contributed by atoms with Crippen molar-refractivity contribution in [3.05, 3.63) is 0 Å². The van der Waals surface area contributed by atoms with Crippen molar-refractivity contribution in [3.63, 3.8) is 0 Å². The molecule has 0 aliphatic heterocycles. The molecule has 0 radical (unpaired) electrons. The fourth-order valence-corrected chi connectivity index (χ4v) is 18.4. The maximum Gasteiger partial charge on any atom is 0.318 e. The van der Waals surface area contributed by atoms with Gasteiger partial charge in [-0.25, -0.2) is 0 Å². The lowest BCUT2D eigenvalue weighted by molar-refractivity contribution is -0.154. The number of carbonyl (C=O) groups is 12. The average molecular weight is 1960 g/mol. The topological polar surface area (TPSA) is 332 Å². The fourth-order valence-electron chi connectivity index (χ4n) is 12.6. The first-order valence-corrected chi connectivity index (χ1v) is 55.2. The number of thioether (sulfide) groups is 6. The van der Waals surface area contributed by atoms with Crippen molar-refractivity contribution in [2.45, 2.75) is 296 Å². The summed E-state index contributed by atoms with van der Waals surface area (Å²) < 4.78 is 64.7. The normalized spacial score (nSPS) is 12.9. The summed E-state index contributed by atoms with van der Waals surface area (Å²) in [5.41, 5.74) is 0. The highest BCUT2D eigenvalue weighted by Gasteiger charge is 2.24. The Morgan fingerprint density at radius 3 is 0.638 bits per heavy atom. The molecule has 130 heavy (non-hydrogen) atoms. The zero-order chi connectivity index (χ0) is 96.3. The first-order valence-electron chi connectivity index (χ1n) is 48.7. The Labute approximate surface area is 808 Å². The van der Waals surface area contributed by atoms with Crippen molar-refractivity contribution in [1.82, 2.24) is 24.5 Å². The summed E-state index contributed by atoms with van der Waals surface area (Å²) in [5.74, 6) is -0.297. The number of nitrogens with zero attached hydrogens (tertiary/aromatic N) is 5. The smallest absolute Gasteiger partial charge is 0.318 e. The first kappa shape index (κ1) is 126. The Balaban J connectivity index is 4.80. The van der Waals surface area contributed by atoms with Gasteiger partial charge in [-0.1, -0.05) is 170 Å². The number of esters is 12. The predicted octanol–water partition coefficient (Wildman–Crippen LogP) is 15.7. The average Bonchev–Trinajstić information content (AvgIpc) is 0.998. The van der Waals surface area contributed by atoms with E-state index >= 15 is 0 Å². The van der Waals surface area contributed by atoms with Crippen molar-refractivity contribution >= 4 is 142 Å². The van der Waals surface area contributed by atoms with Gasteiger partial charge in [-0.05, 0) is 137 Å². The number of carbonyl (C=O) groups excluding carboxylic acids is 12. The van der Waals surface area contributed by atoms with Crippen LogP contribution in [0.5, 0.6) is 0 Å². The van der Waals surface area contributed by atoms with E-state index in [0.717, 1.165) is 113 Å². The van der Waals surface area contributed by atoms with Gasteiger partial charge in [-0.2, -0.15) is 23.5 Å². The molecule has 0 saturated heterocycles.